The highest BCUT2D eigenvalue weighted by Gasteiger charge is 2.12. The monoisotopic (exact) mass is 526 g/mol. The van der Waals surface area contributed by atoms with E-state index in [1.807, 2.05) is 24.3 Å². The summed E-state index contributed by atoms with van der Waals surface area (Å²) in [7, 11) is 2.80. The van der Waals surface area contributed by atoms with E-state index in [0.717, 1.165) is 69.7 Å². The summed E-state index contributed by atoms with van der Waals surface area (Å²) in [5.41, 5.74) is 2.82. The summed E-state index contributed by atoms with van der Waals surface area (Å²) in [6.07, 6.45) is 7.88. The van der Waals surface area contributed by atoms with Crippen molar-refractivity contribution >= 4 is 11.9 Å². The molecule has 7 heteroatoms. The number of nitrogens with one attached hydrogen (secondary N) is 1. The third-order valence-corrected chi connectivity index (χ3v) is 6.50. The van der Waals surface area contributed by atoms with Crippen molar-refractivity contribution in [3.05, 3.63) is 65.2 Å². The third-order valence-electron chi connectivity index (χ3n) is 6.50. The van der Waals surface area contributed by atoms with Gasteiger partial charge in [0.1, 0.15) is 5.75 Å². The van der Waals surface area contributed by atoms with Crippen LogP contribution < -0.4 is 10.1 Å². The molecule has 0 fully saturated rings. The Bertz CT molecular complexity index is 932. The van der Waals surface area contributed by atoms with Gasteiger partial charge in [0.15, 0.2) is 0 Å². The molecule has 0 aliphatic heterocycles. The number of unbranched alkanes of at least 4 members (excludes halogenated alkanes) is 3. The number of rotatable bonds is 20. The smallest absolute Gasteiger partial charge is 0.337 e. The quantitative estimate of drug-likeness (QED) is 0.183. The van der Waals surface area contributed by atoms with Gasteiger partial charge in [-0.2, -0.15) is 0 Å². The second-order valence-corrected chi connectivity index (χ2v) is 9.51. The molecule has 2 rings (SSSR count). The number of ether oxygens (including phenoxy) is 3. The lowest BCUT2D eigenvalue weighted by Crippen LogP contribution is -2.27. The van der Waals surface area contributed by atoms with Crippen LogP contribution in [-0.4, -0.2) is 63.8 Å². The fourth-order valence-electron chi connectivity index (χ4n) is 4.23. The Morgan fingerprint density at radius 3 is 2.29 bits per heavy atom. The summed E-state index contributed by atoms with van der Waals surface area (Å²) >= 11 is 0. The summed E-state index contributed by atoms with van der Waals surface area (Å²) in [5.74, 6) is 0.411. The second kappa shape index (κ2) is 19.2. The average molecular weight is 527 g/mol. The first kappa shape index (κ1) is 31.3. The second-order valence-electron chi connectivity index (χ2n) is 9.51. The van der Waals surface area contributed by atoms with Gasteiger partial charge in [0.2, 0.25) is 0 Å². The first-order valence-corrected chi connectivity index (χ1v) is 13.9. The van der Waals surface area contributed by atoms with Crippen LogP contribution in [0.1, 0.15) is 73.4 Å². The maximum atomic E-state index is 11.8. The standard InChI is InChI=1S/C31H46N2O5/c1-4-5-8-20-32-21-9-10-24-38-29-13-7-6-12-27(29)19-23-33(22-11-14-30(34)36-2)25-26-15-17-28(18-16-26)31(35)37-3/h6-7,12-13,15-18,32H,4-5,8-11,14,19-25H2,1-3H3. The molecule has 0 unspecified atom stereocenters. The minimum atomic E-state index is -0.341. The van der Waals surface area contributed by atoms with Crippen molar-refractivity contribution in [2.75, 3.05) is 47.0 Å². The van der Waals surface area contributed by atoms with Crippen LogP contribution in [0.25, 0.3) is 0 Å². The molecular weight excluding hydrogens is 480 g/mol. The van der Waals surface area contributed by atoms with E-state index in [-0.39, 0.29) is 11.9 Å². The fraction of sp³-hybridized carbons (Fsp3) is 0.548. The van der Waals surface area contributed by atoms with Crippen LogP contribution in [0.4, 0.5) is 0 Å². The molecule has 0 radical (unpaired) electrons. The van der Waals surface area contributed by atoms with E-state index < -0.39 is 0 Å². The topological polar surface area (TPSA) is 77.1 Å². The van der Waals surface area contributed by atoms with E-state index in [0.29, 0.717) is 18.6 Å². The van der Waals surface area contributed by atoms with Gasteiger partial charge in [0, 0.05) is 19.5 Å². The first-order chi connectivity index (χ1) is 18.6. The van der Waals surface area contributed by atoms with E-state index in [4.69, 9.17) is 14.2 Å². The SMILES string of the molecule is CCCCCNCCCCOc1ccccc1CCN(CCCC(=O)OC)Cc1ccc(C(=O)OC)cc1. The van der Waals surface area contributed by atoms with Crippen LogP contribution in [0, 0.1) is 0 Å². The van der Waals surface area contributed by atoms with E-state index >= 15 is 0 Å². The largest absolute Gasteiger partial charge is 0.493 e. The van der Waals surface area contributed by atoms with E-state index in [1.54, 1.807) is 12.1 Å². The molecule has 0 spiro atoms. The molecular formula is C31H46N2O5. The van der Waals surface area contributed by atoms with Crippen molar-refractivity contribution in [3.8, 4) is 5.75 Å². The van der Waals surface area contributed by atoms with Gasteiger partial charge in [-0.05, 0) is 81.1 Å². The van der Waals surface area contributed by atoms with Gasteiger partial charge in [-0.3, -0.25) is 9.69 Å². The minimum absolute atomic E-state index is 0.192. The molecule has 1 N–H and O–H groups in total. The van der Waals surface area contributed by atoms with Gasteiger partial charge in [0.25, 0.3) is 0 Å². The lowest BCUT2D eigenvalue weighted by atomic mass is 10.1. The molecule has 0 amide bonds. The average Bonchev–Trinajstić information content (AvgIpc) is 2.95. The number of para-hydroxylation sites is 1. The molecule has 0 saturated carbocycles. The molecule has 0 atom stereocenters. The molecule has 210 valence electrons. The Balaban J connectivity index is 1.89. The number of methoxy groups -OCH3 is 2. The van der Waals surface area contributed by atoms with Crippen molar-refractivity contribution in [2.24, 2.45) is 0 Å². The Kier molecular flexibility index (Phi) is 15.8. The van der Waals surface area contributed by atoms with Gasteiger partial charge in [0.05, 0.1) is 26.4 Å². The predicted molar refractivity (Wildman–Crippen MR) is 152 cm³/mol. The zero-order valence-electron chi connectivity index (χ0n) is 23.5. The number of carbonyl (C=O) groups excluding carboxylic acids is 2. The van der Waals surface area contributed by atoms with E-state index in [9.17, 15) is 9.59 Å². The zero-order chi connectivity index (χ0) is 27.4. The van der Waals surface area contributed by atoms with Crippen LogP contribution in [0.3, 0.4) is 0 Å². The van der Waals surface area contributed by atoms with E-state index in [2.05, 4.69) is 29.3 Å². The number of carbonyl (C=O) groups is 2. The molecule has 2 aromatic rings. The summed E-state index contributed by atoms with van der Waals surface area (Å²) in [5, 5.41) is 3.51. The molecule has 0 saturated heterocycles. The van der Waals surface area contributed by atoms with Crippen molar-refractivity contribution < 1.29 is 23.8 Å². The fourth-order valence-corrected chi connectivity index (χ4v) is 4.23. The Morgan fingerprint density at radius 1 is 0.842 bits per heavy atom. The number of hydrogen-bond donors (Lipinski definition) is 1. The van der Waals surface area contributed by atoms with Gasteiger partial charge in [-0.1, -0.05) is 50.1 Å². The summed E-state index contributed by atoms with van der Waals surface area (Å²) in [6.45, 7) is 7.38. The van der Waals surface area contributed by atoms with Crippen LogP contribution in [0.2, 0.25) is 0 Å². The van der Waals surface area contributed by atoms with Gasteiger partial charge in [-0.25, -0.2) is 4.79 Å². The van der Waals surface area contributed by atoms with Gasteiger partial charge < -0.3 is 19.5 Å². The predicted octanol–water partition coefficient (Wildman–Crippen LogP) is 5.41. The zero-order valence-corrected chi connectivity index (χ0v) is 23.5. The molecule has 7 nitrogen and oxygen atoms in total. The number of nitrogens with zero attached hydrogens (tertiary/aromatic N) is 1. The summed E-state index contributed by atoms with van der Waals surface area (Å²) in [4.78, 5) is 25.7. The molecule has 0 heterocycles. The highest BCUT2D eigenvalue weighted by Crippen LogP contribution is 2.20. The van der Waals surface area contributed by atoms with E-state index in [1.165, 1.54) is 39.0 Å². The highest BCUT2D eigenvalue weighted by atomic mass is 16.5. The Labute approximate surface area is 228 Å². The van der Waals surface area contributed by atoms with Crippen molar-refractivity contribution in [1.82, 2.24) is 10.2 Å². The first-order valence-electron chi connectivity index (χ1n) is 13.9. The van der Waals surface area contributed by atoms with Crippen molar-refractivity contribution in [3.63, 3.8) is 0 Å². The third kappa shape index (κ3) is 12.6. The highest BCUT2D eigenvalue weighted by molar-refractivity contribution is 5.89. The van der Waals surface area contributed by atoms with Crippen LogP contribution in [0.5, 0.6) is 5.75 Å². The number of benzene rings is 2. The molecule has 0 bridgehead atoms. The molecule has 0 aliphatic carbocycles. The Hall–Kier alpha value is -2.90. The normalized spacial score (nSPS) is 10.9. The lowest BCUT2D eigenvalue weighted by Gasteiger charge is -2.23. The summed E-state index contributed by atoms with van der Waals surface area (Å²) in [6, 6.07) is 15.7. The molecule has 0 aliphatic rings. The molecule has 38 heavy (non-hydrogen) atoms. The van der Waals surface area contributed by atoms with Crippen LogP contribution >= 0.6 is 0 Å². The number of hydrogen-bond acceptors (Lipinski definition) is 7. The maximum Gasteiger partial charge on any atom is 0.337 e. The van der Waals surface area contributed by atoms with Crippen LogP contribution in [0.15, 0.2) is 48.5 Å². The lowest BCUT2D eigenvalue weighted by molar-refractivity contribution is -0.140. The molecule has 2 aromatic carbocycles. The van der Waals surface area contributed by atoms with Crippen molar-refractivity contribution in [1.29, 1.82) is 0 Å². The Morgan fingerprint density at radius 2 is 1.58 bits per heavy atom. The minimum Gasteiger partial charge on any atom is -0.493 e. The van der Waals surface area contributed by atoms with Gasteiger partial charge in [-0.15, -0.1) is 0 Å². The molecule has 0 aromatic heterocycles. The van der Waals surface area contributed by atoms with Crippen LogP contribution in [-0.2, 0) is 27.2 Å². The summed E-state index contributed by atoms with van der Waals surface area (Å²) < 4.78 is 15.8. The van der Waals surface area contributed by atoms with Crippen molar-refractivity contribution in [2.45, 2.75) is 64.8 Å². The van der Waals surface area contributed by atoms with Gasteiger partial charge >= 0.3 is 11.9 Å². The number of esters is 2. The maximum absolute atomic E-state index is 11.8.